The second-order valence-electron chi connectivity index (χ2n) is 3.77. The van der Waals surface area contributed by atoms with Crippen LogP contribution in [0.4, 0.5) is 0 Å². The van der Waals surface area contributed by atoms with E-state index in [0.717, 1.165) is 0 Å². The van der Waals surface area contributed by atoms with Crippen LogP contribution in [-0.4, -0.2) is 35.1 Å². The van der Waals surface area contributed by atoms with Crippen molar-refractivity contribution in [2.24, 2.45) is 11.8 Å². The minimum absolute atomic E-state index is 0.0947. The van der Waals surface area contributed by atoms with Crippen LogP contribution in [0.3, 0.4) is 0 Å². The second kappa shape index (κ2) is 3.73. The third-order valence-electron chi connectivity index (χ3n) is 3.06. The Morgan fingerprint density at radius 1 is 1.17 bits per heavy atom. The molecular formula is C9H18O3. The molecule has 1 fully saturated rings. The predicted octanol–water partition coefficient (Wildman–Crippen LogP) is 0.399. The van der Waals surface area contributed by atoms with Crippen LogP contribution >= 0.6 is 0 Å². The number of ether oxygens (including phenoxy) is 1. The Balaban J connectivity index is 2.63. The monoisotopic (exact) mass is 174 g/mol. The number of aliphatic hydroxyl groups is 2. The van der Waals surface area contributed by atoms with Gasteiger partial charge in [-0.2, -0.15) is 0 Å². The van der Waals surface area contributed by atoms with Gasteiger partial charge in [-0.15, -0.1) is 0 Å². The van der Waals surface area contributed by atoms with Crippen LogP contribution in [0.5, 0.6) is 0 Å². The van der Waals surface area contributed by atoms with E-state index in [1.807, 2.05) is 13.8 Å². The van der Waals surface area contributed by atoms with Crippen molar-refractivity contribution in [3.8, 4) is 0 Å². The molecule has 1 saturated heterocycles. The van der Waals surface area contributed by atoms with Gasteiger partial charge in [-0.05, 0) is 18.8 Å². The van der Waals surface area contributed by atoms with Crippen molar-refractivity contribution in [1.29, 1.82) is 0 Å². The Kier molecular flexibility index (Phi) is 3.09. The molecule has 1 aliphatic heterocycles. The van der Waals surface area contributed by atoms with Crippen LogP contribution in [0.2, 0.25) is 0 Å². The van der Waals surface area contributed by atoms with Gasteiger partial charge in [0.2, 0.25) is 0 Å². The van der Waals surface area contributed by atoms with Crippen molar-refractivity contribution >= 4 is 0 Å². The lowest BCUT2D eigenvalue weighted by Gasteiger charge is -2.40. The van der Waals surface area contributed by atoms with Gasteiger partial charge in [-0.1, -0.05) is 13.8 Å². The summed E-state index contributed by atoms with van der Waals surface area (Å²) in [6.45, 7) is 5.95. The number of rotatable bonds is 1. The zero-order valence-corrected chi connectivity index (χ0v) is 7.90. The first kappa shape index (κ1) is 9.96. The molecule has 1 heterocycles. The molecule has 0 amide bonds. The first-order valence-electron chi connectivity index (χ1n) is 4.52. The smallest absolute Gasteiger partial charge is 0.107 e. The molecule has 3 heteroatoms. The Morgan fingerprint density at radius 3 is 2.25 bits per heavy atom. The Bertz CT molecular complexity index is 144. The van der Waals surface area contributed by atoms with Crippen LogP contribution in [0.1, 0.15) is 20.8 Å². The first-order valence-corrected chi connectivity index (χ1v) is 4.52. The van der Waals surface area contributed by atoms with Crippen LogP contribution in [0.15, 0.2) is 0 Å². The van der Waals surface area contributed by atoms with Crippen molar-refractivity contribution in [3.05, 3.63) is 0 Å². The molecule has 2 N–H and O–H groups in total. The molecule has 72 valence electrons. The van der Waals surface area contributed by atoms with Gasteiger partial charge >= 0.3 is 0 Å². The highest BCUT2D eigenvalue weighted by atomic mass is 16.5. The molecule has 5 atom stereocenters. The Hall–Kier alpha value is -0.120. The molecule has 0 aliphatic carbocycles. The maximum absolute atomic E-state index is 9.64. The molecule has 1 aliphatic rings. The summed E-state index contributed by atoms with van der Waals surface area (Å²) >= 11 is 0. The molecule has 3 nitrogen and oxygen atoms in total. The summed E-state index contributed by atoms with van der Waals surface area (Å²) in [6.07, 6.45) is -0.798. The number of hydrogen-bond acceptors (Lipinski definition) is 3. The minimum atomic E-state index is -0.527. The van der Waals surface area contributed by atoms with E-state index in [2.05, 4.69) is 6.92 Å². The topological polar surface area (TPSA) is 49.7 Å². The van der Waals surface area contributed by atoms with E-state index in [-0.39, 0.29) is 18.6 Å². The third-order valence-corrected chi connectivity index (χ3v) is 3.06. The normalized spacial score (nSPS) is 49.2. The van der Waals surface area contributed by atoms with Gasteiger partial charge in [-0.25, -0.2) is 0 Å². The molecule has 0 aromatic carbocycles. The molecule has 0 radical (unpaired) electrons. The summed E-state index contributed by atoms with van der Waals surface area (Å²) in [5.41, 5.74) is 0. The molecular weight excluding hydrogens is 156 g/mol. The van der Waals surface area contributed by atoms with Gasteiger partial charge in [0.15, 0.2) is 0 Å². The van der Waals surface area contributed by atoms with Crippen molar-refractivity contribution in [1.82, 2.24) is 0 Å². The lowest BCUT2D eigenvalue weighted by atomic mass is 9.82. The molecule has 0 spiro atoms. The molecule has 0 bridgehead atoms. The van der Waals surface area contributed by atoms with E-state index in [0.29, 0.717) is 5.92 Å². The minimum Gasteiger partial charge on any atom is -0.394 e. The van der Waals surface area contributed by atoms with Crippen LogP contribution in [-0.2, 0) is 4.74 Å². The zero-order chi connectivity index (χ0) is 9.30. The van der Waals surface area contributed by atoms with Gasteiger partial charge in [0.05, 0.1) is 18.8 Å². The average Bonchev–Trinajstić information content (AvgIpc) is 2.08. The van der Waals surface area contributed by atoms with E-state index in [4.69, 9.17) is 9.84 Å². The SMILES string of the molecule is CC1[C@@H](C)[C@H](O)C(CO)O[C@@H]1C. The summed E-state index contributed by atoms with van der Waals surface area (Å²) in [5.74, 6) is 0.550. The van der Waals surface area contributed by atoms with Crippen molar-refractivity contribution < 1.29 is 14.9 Å². The number of aliphatic hydroxyl groups excluding tert-OH is 2. The first-order chi connectivity index (χ1) is 5.57. The molecule has 1 rings (SSSR count). The summed E-state index contributed by atoms with van der Waals surface area (Å²) < 4.78 is 5.43. The second-order valence-corrected chi connectivity index (χ2v) is 3.77. The van der Waals surface area contributed by atoms with Gasteiger partial charge in [0, 0.05) is 0 Å². The van der Waals surface area contributed by atoms with E-state index in [9.17, 15) is 5.11 Å². The third kappa shape index (κ3) is 1.63. The van der Waals surface area contributed by atoms with Gasteiger partial charge in [-0.3, -0.25) is 0 Å². The van der Waals surface area contributed by atoms with Gasteiger partial charge in [0.25, 0.3) is 0 Å². The lowest BCUT2D eigenvalue weighted by Crippen LogP contribution is -2.49. The molecule has 0 saturated carbocycles. The fourth-order valence-electron chi connectivity index (χ4n) is 1.71. The maximum atomic E-state index is 9.64. The van der Waals surface area contributed by atoms with Crippen LogP contribution in [0.25, 0.3) is 0 Å². The quantitative estimate of drug-likeness (QED) is 0.605. The van der Waals surface area contributed by atoms with Crippen molar-refractivity contribution in [2.45, 2.75) is 39.1 Å². The molecule has 12 heavy (non-hydrogen) atoms. The highest BCUT2D eigenvalue weighted by Crippen LogP contribution is 2.29. The summed E-state index contributed by atoms with van der Waals surface area (Å²) in [5, 5.41) is 18.5. The highest BCUT2D eigenvalue weighted by Gasteiger charge is 2.37. The van der Waals surface area contributed by atoms with E-state index in [1.54, 1.807) is 0 Å². The lowest BCUT2D eigenvalue weighted by molar-refractivity contribution is -0.174. The average molecular weight is 174 g/mol. The standard InChI is InChI=1S/C9H18O3/c1-5-6(2)9(11)8(4-10)12-7(5)3/h5-11H,4H2,1-3H3/t5?,6-,7-,8?,9+/m1/s1. The Labute approximate surface area is 73.4 Å². The van der Waals surface area contributed by atoms with Crippen LogP contribution < -0.4 is 0 Å². The van der Waals surface area contributed by atoms with Crippen LogP contribution in [0, 0.1) is 11.8 Å². The molecule has 0 aromatic rings. The predicted molar refractivity (Wildman–Crippen MR) is 45.8 cm³/mol. The highest BCUT2D eigenvalue weighted by molar-refractivity contribution is 4.85. The fraction of sp³-hybridized carbons (Fsp3) is 1.00. The van der Waals surface area contributed by atoms with Gasteiger partial charge in [0.1, 0.15) is 6.10 Å². The zero-order valence-electron chi connectivity index (χ0n) is 7.90. The fourth-order valence-corrected chi connectivity index (χ4v) is 1.71. The molecule has 0 aromatic heterocycles. The van der Waals surface area contributed by atoms with E-state index >= 15 is 0 Å². The van der Waals surface area contributed by atoms with Gasteiger partial charge < -0.3 is 14.9 Å². The van der Waals surface area contributed by atoms with E-state index in [1.165, 1.54) is 0 Å². The Morgan fingerprint density at radius 2 is 1.75 bits per heavy atom. The summed E-state index contributed by atoms with van der Waals surface area (Å²) in [6, 6.07) is 0. The summed E-state index contributed by atoms with van der Waals surface area (Å²) in [4.78, 5) is 0. The number of hydrogen-bond donors (Lipinski definition) is 2. The summed E-state index contributed by atoms with van der Waals surface area (Å²) in [7, 11) is 0. The largest absolute Gasteiger partial charge is 0.394 e. The van der Waals surface area contributed by atoms with E-state index < -0.39 is 12.2 Å². The van der Waals surface area contributed by atoms with Crippen molar-refractivity contribution in [2.75, 3.05) is 6.61 Å². The maximum Gasteiger partial charge on any atom is 0.107 e. The van der Waals surface area contributed by atoms with Crippen molar-refractivity contribution in [3.63, 3.8) is 0 Å². The molecule has 2 unspecified atom stereocenters.